The Balaban J connectivity index is 1.27. The van der Waals surface area contributed by atoms with Crippen LogP contribution in [0.3, 0.4) is 0 Å². The van der Waals surface area contributed by atoms with Gasteiger partial charge in [-0.25, -0.2) is 0 Å². The Kier molecular flexibility index (Phi) is 4.99. The Labute approximate surface area is 244 Å². The molecule has 0 fully saturated rings. The third-order valence-electron chi connectivity index (χ3n) is 8.94. The van der Waals surface area contributed by atoms with Gasteiger partial charge in [0.05, 0.1) is 11.0 Å². The number of fused-ring (bicyclic) bond motifs is 7. The minimum absolute atomic E-state index is 0.184. The van der Waals surface area contributed by atoms with Gasteiger partial charge >= 0.3 is 0 Å². The average Bonchev–Trinajstić information content (AvgIpc) is 3.58. The van der Waals surface area contributed by atoms with Crippen LogP contribution in [0.15, 0.2) is 152 Å². The van der Waals surface area contributed by atoms with E-state index < -0.39 is 0 Å². The van der Waals surface area contributed by atoms with Gasteiger partial charge in [0.15, 0.2) is 0 Å². The van der Waals surface area contributed by atoms with Crippen molar-refractivity contribution in [2.24, 2.45) is 0 Å². The summed E-state index contributed by atoms with van der Waals surface area (Å²) in [5, 5.41) is 5.00. The number of para-hydroxylation sites is 1. The minimum Gasteiger partial charge on any atom is -0.309 e. The number of hydrogen-bond donors (Lipinski definition) is 0. The van der Waals surface area contributed by atoms with Crippen molar-refractivity contribution < 1.29 is 0 Å². The molecule has 1 atom stereocenters. The van der Waals surface area contributed by atoms with Gasteiger partial charge in [0, 0.05) is 40.3 Å². The molecule has 2 aromatic heterocycles. The smallest absolute Gasteiger partial charge is 0.0541 e. The maximum Gasteiger partial charge on any atom is 0.0541 e. The molecule has 1 aliphatic rings. The fourth-order valence-electron chi connectivity index (χ4n) is 7.10. The summed E-state index contributed by atoms with van der Waals surface area (Å²) in [7, 11) is 0. The summed E-state index contributed by atoms with van der Waals surface area (Å²) in [5.74, 6) is 0.184. The van der Waals surface area contributed by atoms with E-state index in [0.29, 0.717) is 0 Å². The lowest BCUT2D eigenvalue weighted by Gasteiger charge is -2.14. The Morgan fingerprint density at radius 1 is 0.500 bits per heavy atom. The maximum absolute atomic E-state index is 4.81. The molecule has 1 unspecified atom stereocenters. The molecule has 0 radical (unpaired) electrons. The quantitative estimate of drug-likeness (QED) is 0.220. The number of hydrogen-bond acceptors (Lipinski definition) is 1. The number of benzene rings is 6. The van der Waals surface area contributed by atoms with Gasteiger partial charge in [0.1, 0.15) is 0 Å². The van der Waals surface area contributed by atoms with Crippen LogP contribution in [0.25, 0.3) is 60.5 Å². The third kappa shape index (κ3) is 3.36. The van der Waals surface area contributed by atoms with Gasteiger partial charge < -0.3 is 4.57 Å². The summed E-state index contributed by atoms with van der Waals surface area (Å²) in [6.45, 7) is 0. The first-order valence-electron chi connectivity index (χ1n) is 14.5. The van der Waals surface area contributed by atoms with Crippen LogP contribution in [-0.2, 0) is 0 Å². The predicted octanol–water partition coefficient (Wildman–Crippen LogP) is 10.2. The minimum atomic E-state index is 0.184. The maximum atomic E-state index is 4.81. The van der Waals surface area contributed by atoms with Crippen LogP contribution in [0.2, 0.25) is 0 Å². The summed E-state index contributed by atoms with van der Waals surface area (Å²) in [6.07, 6.45) is 4.12. The predicted molar refractivity (Wildman–Crippen MR) is 174 cm³/mol. The molecule has 0 bridgehead atoms. The average molecular weight is 535 g/mol. The van der Waals surface area contributed by atoms with Gasteiger partial charge in [0.25, 0.3) is 0 Å². The van der Waals surface area contributed by atoms with Gasteiger partial charge in [0.2, 0.25) is 0 Å². The first kappa shape index (κ1) is 23.3. The topological polar surface area (TPSA) is 17.8 Å². The molecular formula is C40H26N2. The molecule has 1 aliphatic carbocycles. The zero-order valence-electron chi connectivity index (χ0n) is 22.9. The summed E-state index contributed by atoms with van der Waals surface area (Å²) < 4.78 is 2.40. The summed E-state index contributed by atoms with van der Waals surface area (Å²) in [4.78, 5) is 4.81. The van der Waals surface area contributed by atoms with E-state index in [2.05, 4.69) is 150 Å². The highest BCUT2D eigenvalue weighted by molar-refractivity contribution is 6.11. The van der Waals surface area contributed by atoms with Crippen molar-refractivity contribution in [1.29, 1.82) is 0 Å². The van der Waals surface area contributed by atoms with E-state index in [9.17, 15) is 0 Å². The van der Waals surface area contributed by atoms with Crippen LogP contribution in [-0.4, -0.2) is 9.55 Å². The van der Waals surface area contributed by atoms with Gasteiger partial charge in [-0.15, -0.1) is 0 Å². The molecule has 0 saturated heterocycles. The van der Waals surface area contributed by atoms with Crippen LogP contribution in [0.5, 0.6) is 0 Å². The number of pyridine rings is 1. The van der Waals surface area contributed by atoms with E-state index in [1.54, 1.807) is 0 Å². The summed E-state index contributed by atoms with van der Waals surface area (Å²) in [5.41, 5.74) is 12.5. The Bertz CT molecular complexity index is 2310. The molecule has 0 spiro atoms. The highest BCUT2D eigenvalue weighted by Crippen LogP contribution is 2.51. The van der Waals surface area contributed by atoms with Crippen LogP contribution in [0.1, 0.15) is 22.6 Å². The highest BCUT2D eigenvalue weighted by atomic mass is 15.0. The van der Waals surface area contributed by atoms with Gasteiger partial charge in [-0.3, -0.25) is 4.98 Å². The monoisotopic (exact) mass is 534 g/mol. The number of nitrogens with zero attached hydrogens (tertiary/aromatic N) is 2. The van der Waals surface area contributed by atoms with Crippen molar-refractivity contribution in [3.05, 3.63) is 169 Å². The van der Waals surface area contributed by atoms with E-state index in [0.717, 1.165) is 0 Å². The van der Waals surface area contributed by atoms with E-state index in [1.165, 1.54) is 77.2 Å². The highest BCUT2D eigenvalue weighted by Gasteiger charge is 2.32. The van der Waals surface area contributed by atoms with Gasteiger partial charge in [-0.1, -0.05) is 109 Å². The summed E-state index contributed by atoms with van der Waals surface area (Å²) in [6, 6.07) is 50.7. The molecule has 8 aromatic rings. The zero-order valence-corrected chi connectivity index (χ0v) is 22.9. The molecule has 2 nitrogen and oxygen atoms in total. The Morgan fingerprint density at radius 3 is 2.19 bits per heavy atom. The van der Waals surface area contributed by atoms with Crippen molar-refractivity contribution in [3.8, 4) is 27.9 Å². The number of rotatable bonds is 3. The molecule has 0 amide bonds. The fourth-order valence-corrected chi connectivity index (χ4v) is 7.10. The Hall–Kier alpha value is -5.47. The van der Waals surface area contributed by atoms with Crippen molar-refractivity contribution >= 4 is 32.6 Å². The SMILES string of the molecule is c1ccc(C2c3ccccc3-c3c(-c4ccc5c(c4)c4ccccc4n5-c4ccc5ccccc5c4)cncc32)cc1. The van der Waals surface area contributed by atoms with E-state index in [-0.39, 0.29) is 5.92 Å². The second-order valence-electron chi connectivity index (χ2n) is 11.2. The standard InChI is InChI=1S/C40H26N2/c1-2-11-27(12-3-1)39-32-15-6-7-16-33(32)40-35(24-41-25-36(39)40)29-19-21-38-34(23-29)31-14-8-9-17-37(31)42(38)30-20-18-26-10-4-5-13-28(26)22-30/h1-25,39H. The molecule has 6 aromatic carbocycles. The lowest BCUT2D eigenvalue weighted by molar-refractivity contribution is 1.00. The molecule has 2 heteroatoms. The number of aromatic nitrogens is 2. The van der Waals surface area contributed by atoms with Crippen molar-refractivity contribution in [1.82, 2.24) is 9.55 Å². The third-order valence-corrected chi connectivity index (χ3v) is 8.94. The second kappa shape index (κ2) is 9.02. The van der Waals surface area contributed by atoms with Crippen LogP contribution in [0.4, 0.5) is 0 Å². The molecular weight excluding hydrogens is 508 g/mol. The van der Waals surface area contributed by atoms with Crippen molar-refractivity contribution in [3.63, 3.8) is 0 Å². The molecule has 196 valence electrons. The van der Waals surface area contributed by atoms with Crippen molar-refractivity contribution in [2.45, 2.75) is 5.92 Å². The van der Waals surface area contributed by atoms with Crippen LogP contribution in [0, 0.1) is 0 Å². The van der Waals surface area contributed by atoms with E-state index >= 15 is 0 Å². The lowest BCUT2D eigenvalue weighted by Crippen LogP contribution is -1.99. The Morgan fingerprint density at radius 2 is 1.26 bits per heavy atom. The molecule has 9 rings (SSSR count). The molecule has 0 N–H and O–H groups in total. The van der Waals surface area contributed by atoms with Gasteiger partial charge in [-0.05, 0) is 74.5 Å². The molecule has 42 heavy (non-hydrogen) atoms. The van der Waals surface area contributed by atoms with Crippen molar-refractivity contribution in [2.75, 3.05) is 0 Å². The van der Waals surface area contributed by atoms with Crippen LogP contribution < -0.4 is 0 Å². The molecule has 2 heterocycles. The van der Waals surface area contributed by atoms with E-state index in [4.69, 9.17) is 4.98 Å². The largest absolute Gasteiger partial charge is 0.309 e. The normalized spacial score (nSPS) is 14.0. The molecule has 0 aliphatic heterocycles. The lowest BCUT2D eigenvalue weighted by atomic mass is 9.89. The fraction of sp³-hybridized carbons (Fsp3) is 0.0250. The van der Waals surface area contributed by atoms with Crippen LogP contribution >= 0.6 is 0 Å². The summed E-state index contributed by atoms with van der Waals surface area (Å²) >= 11 is 0. The second-order valence-corrected chi connectivity index (χ2v) is 11.2. The van der Waals surface area contributed by atoms with E-state index in [1.807, 2.05) is 6.20 Å². The molecule has 0 saturated carbocycles. The first-order valence-corrected chi connectivity index (χ1v) is 14.5. The zero-order chi connectivity index (χ0) is 27.6. The van der Waals surface area contributed by atoms with Gasteiger partial charge in [-0.2, -0.15) is 0 Å². The first-order chi connectivity index (χ1) is 20.8.